The van der Waals surface area contributed by atoms with Gasteiger partial charge in [0.15, 0.2) is 11.6 Å². The Balaban J connectivity index is 1.46. The van der Waals surface area contributed by atoms with Gasteiger partial charge in [-0.05, 0) is 53.6 Å². The van der Waals surface area contributed by atoms with Crippen LogP contribution in [0.15, 0.2) is 57.6 Å². The van der Waals surface area contributed by atoms with Crippen LogP contribution in [0, 0.1) is 17.8 Å². The first-order chi connectivity index (χ1) is 18.4. The molecule has 1 heterocycles. The van der Waals surface area contributed by atoms with Crippen molar-refractivity contribution in [3.63, 3.8) is 0 Å². The Labute approximate surface area is 229 Å². The third-order valence-corrected chi connectivity index (χ3v) is 9.47. The predicted molar refractivity (Wildman–Crippen MR) is 142 cm³/mol. The number of nitrogens with zero attached hydrogens (tertiary/aromatic N) is 1. The second kappa shape index (κ2) is 10.0. The van der Waals surface area contributed by atoms with Gasteiger partial charge in [0.05, 0.1) is 22.9 Å². The zero-order chi connectivity index (χ0) is 26.6. The zero-order valence-electron chi connectivity index (χ0n) is 21.0. The van der Waals surface area contributed by atoms with Crippen molar-refractivity contribution >= 4 is 39.3 Å². The van der Waals surface area contributed by atoms with Gasteiger partial charge in [0.25, 0.3) is 0 Å². The third-order valence-electron chi connectivity index (χ3n) is 8.88. The Bertz CT molecular complexity index is 1320. The first-order valence-electron chi connectivity index (χ1n) is 13.5. The molecule has 5 aliphatic rings. The van der Waals surface area contributed by atoms with Crippen LogP contribution < -0.4 is 4.74 Å². The summed E-state index contributed by atoms with van der Waals surface area (Å²) in [5.74, 6) is -2.09. The fraction of sp³-hybridized carbons (Fsp3) is 0.467. The molecule has 0 bridgehead atoms. The van der Waals surface area contributed by atoms with E-state index >= 15 is 0 Å². The minimum atomic E-state index is -0.570. The van der Waals surface area contributed by atoms with Crippen LogP contribution in [-0.4, -0.2) is 52.6 Å². The number of benzene rings is 1. The highest BCUT2D eigenvalue weighted by molar-refractivity contribution is 9.12. The second-order valence-corrected chi connectivity index (χ2v) is 11.7. The third kappa shape index (κ3) is 3.95. The topological polar surface area (TPSA) is 101 Å². The first kappa shape index (κ1) is 25.4. The highest BCUT2D eigenvalue weighted by Gasteiger charge is 2.57. The van der Waals surface area contributed by atoms with E-state index in [1.807, 2.05) is 24.3 Å². The van der Waals surface area contributed by atoms with Crippen molar-refractivity contribution in [3.8, 4) is 5.75 Å². The van der Waals surface area contributed by atoms with E-state index in [0.717, 1.165) is 43.2 Å². The average molecular weight is 580 g/mol. The molecule has 1 aromatic rings. The number of hydrogen-bond donors (Lipinski definition) is 1. The molecule has 198 valence electrons. The van der Waals surface area contributed by atoms with Gasteiger partial charge in [-0.3, -0.25) is 24.1 Å². The molecular weight excluding hydrogens is 550 g/mol. The summed E-state index contributed by atoms with van der Waals surface area (Å²) in [5.41, 5.74) is 2.45. The number of aliphatic hydroxyl groups is 1. The summed E-state index contributed by atoms with van der Waals surface area (Å²) in [4.78, 5) is 55.9. The second-order valence-electron chi connectivity index (χ2n) is 10.8. The van der Waals surface area contributed by atoms with E-state index in [-0.39, 0.29) is 59.5 Å². The lowest BCUT2D eigenvalue weighted by Crippen LogP contribution is -2.43. The number of Topliss-reactive ketones (excluding diaryl/α,β-unsaturated/α-hetero) is 1. The molecule has 6 rings (SSSR count). The maximum atomic E-state index is 14.0. The molecule has 1 saturated heterocycles. The average Bonchev–Trinajstić information content (AvgIpc) is 3.19. The number of amides is 2. The molecule has 4 atom stereocenters. The lowest BCUT2D eigenvalue weighted by molar-refractivity contribution is -0.143. The summed E-state index contributed by atoms with van der Waals surface area (Å²) < 4.78 is 6.06. The summed E-state index contributed by atoms with van der Waals surface area (Å²) in [6.07, 6.45) is 8.90. The van der Waals surface area contributed by atoms with Crippen LogP contribution in [0.5, 0.6) is 5.75 Å². The van der Waals surface area contributed by atoms with Gasteiger partial charge >= 0.3 is 0 Å². The number of ether oxygens (including phenoxy) is 1. The van der Waals surface area contributed by atoms with Crippen LogP contribution in [0.3, 0.4) is 0 Å². The van der Waals surface area contributed by atoms with Crippen LogP contribution in [0.2, 0.25) is 0 Å². The molecule has 0 radical (unpaired) electrons. The van der Waals surface area contributed by atoms with E-state index < -0.39 is 17.8 Å². The molecule has 38 heavy (non-hydrogen) atoms. The number of para-hydroxylation sites is 1. The lowest BCUT2D eigenvalue weighted by Gasteiger charge is -2.42. The van der Waals surface area contributed by atoms with Crippen molar-refractivity contribution in [2.75, 3.05) is 13.2 Å². The molecule has 2 fully saturated rings. The monoisotopic (exact) mass is 579 g/mol. The van der Waals surface area contributed by atoms with Gasteiger partial charge in [0, 0.05) is 34.7 Å². The quantitative estimate of drug-likeness (QED) is 0.319. The van der Waals surface area contributed by atoms with Crippen LogP contribution in [0.1, 0.15) is 56.4 Å². The van der Waals surface area contributed by atoms with E-state index in [0.29, 0.717) is 23.3 Å². The van der Waals surface area contributed by atoms with Crippen molar-refractivity contribution in [2.45, 2.75) is 56.9 Å². The largest absolute Gasteiger partial charge is 0.491 e. The van der Waals surface area contributed by atoms with Gasteiger partial charge in [-0.25, -0.2) is 0 Å². The standard InChI is InChI=1S/C30H30BrNO6/c31-22-15-23(34)27-21(28(22)35)14-20-17(25(27)18-8-4-5-9-24(18)38-13-12-33)10-11-19-26(20)30(37)32(29(19)36)16-6-2-1-3-7-16/h4-5,8-10,15-16,19-20,25-26,33H,1-3,6-7,11-14H2/t19-,20+,25+,26-/m0/s1. The van der Waals surface area contributed by atoms with Gasteiger partial charge in [0.1, 0.15) is 12.4 Å². The number of rotatable bonds is 5. The Morgan fingerprint density at radius 2 is 1.76 bits per heavy atom. The minimum Gasteiger partial charge on any atom is -0.491 e. The van der Waals surface area contributed by atoms with Crippen LogP contribution in [0.25, 0.3) is 0 Å². The summed E-state index contributed by atoms with van der Waals surface area (Å²) in [7, 11) is 0. The molecule has 8 heteroatoms. The normalized spacial score (nSPS) is 29.6. The number of hydrogen-bond acceptors (Lipinski definition) is 6. The molecular formula is C30H30BrNO6. The predicted octanol–water partition coefficient (Wildman–Crippen LogP) is 4.15. The minimum absolute atomic E-state index is 0.0467. The van der Waals surface area contributed by atoms with Crippen molar-refractivity contribution in [1.29, 1.82) is 0 Å². The summed E-state index contributed by atoms with van der Waals surface area (Å²) in [5, 5.41) is 9.37. The van der Waals surface area contributed by atoms with Crippen LogP contribution in [0.4, 0.5) is 0 Å². The lowest BCUT2D eigenvalue weighted by atomic mass is 9.59. The van der Waals surface area contributed by atoms with Crippen molar-refractivity contribution in [2.24, 2.45) is 17.8 Å². The number of ketones is 2. The van der Waals surface area contributed by atoms with Crippen LogP contribution in [-0.2, 0) is 19.2 Å². The SMILES string of the molecule is O=C1C=C(Br)C(=O)C2=C1[C@@H](c1ccccc1OCCO)C1=CC[C@@H]3C(=O)N(C4CCCCC4)C(=O)[C@@H]3[C@@H]1C2. The molecule has 0 aromatic heterocycles. The number of aliphatic hydroxyl groups excluding tert-OH is 1. The number of halogens is 1. The number of carbonyl (C=O) groups is 4. The fourth-order valence-electron chi connectivity index (χ4n) is 7.29. The summed E-state index contributed by atoms with van der Waals surface area (Å²) >= 11 is 3.27. The Hall–Kier alpha value is -2.84. The van der Waals surface area contributed by atoms with Gasteiger partial charge in [0.2, 0.25) is 11.8 Å². The molecule has 0 unspecified atom stereocenters. The Morgan fingerprint density at radius 1 is 1.00 bits per heavy atom. The number of carbonyl (C=O) groups excluding carboxylic acids is 4. The van der Waals surface area contributed by atoms with Crippen LogP contribution >= 0.6 is 15.9 Å². The number of likely N-dealkylation sites (tertiary alicyclic amines) is 1. The van der Waals surface area contributed by atoms with Crippen molar-refractivity contribution < 1.29 is 29.0 Å². The molecule has 1 aliphatic heterocycles. The van der Waals surface area contributed by atoms with Gasteiger partial charge in [-0.2, -0.15) is 0 Å². The highest BCUT2D eigenvalue weighted by atomic mass is 79.9. The number of imide groups is 1. The molecule has 0 spiro atoms. The van der Waals surface area contributed by atoms with Gasteiger partial charge in [-0.1, -0.05) is 49.1 Å². The molecule has 1 aromatic carbocycles. The van der Waals surface area contributed by atoms with E-state index in [2.05, 4.69) is 15.9 Å². The number of fused-ring (bicyclic) bond motifs is 3. The molecule has 1 saturated carbocycles. The maximum absolute atomic E-state index is 14.0. The first-order valence-corrected chi connectivity index (χ1v) is 14.3. The van der Waals surface area contributed by atoms with E-state index in [9.17, 15) is 24.3 Å². The fourth-order valence-corrected chi connectivity index (χ4v) is 7.74. The molecule has 2 amide bonds. The molecule has 4 aliphatic carbocycles. The Kier molecular flexibility index (Phi) is 6.72. The summed E-state index contributed by atoms with van der Waals surface area (Å²) in [6.45, 7) is -0.0762. The maximum Gasteiger partial charge on any atom is 0.233 e. The van der Waals surface area contributed by atoms with Gasteiger partial charge < -0.3 is 9.84 Å². The van der Waals surface area contributed by atoms with Crippen molar-refractivity contribution in [3.05, 3.63) is 63.2 Å². The molecule has 1 N–H and O–H groups in total. The van der Waals surface area contributed by atoms with E-state index in [1.165, 1.54) is 6.08 Å². The van der Waals surface area contributed by atoms with Gasteiger partial charge in [-0.15, -0.1) is 0 Å². The smallest absolute Gasteiger partial charge is 0.233 e. The number of allylic oxidation sites excluding steroid dienone is 6. The molecule has 7 nitrogen and oxygen atoms in total. The zero-order valence-corrected chi connectivity index (χ0v) is 22.6. The van der Waals surface area contributed by atoms with Crippen molar-refractivity contribution in [1.82, 2.24) is 4.90 Å². The Morgan fingerprint density at radius 3 is 2.53 bits per heavy atom. The van der Waals surface area contributed by atoms with E-state index in [4.69, 9.17) is 4.74 Å². The highest BCUT2D eigenvalue weighted by Crippen LogP contribution is 2.56. The van der Waals surface area contributed by atoms with E-state index in [1.54, 1.807) is 11.0 Å². The summed E-state index contributed by atoms with van der Waals surface area (Å²) in [6, 6.07) is 7.29.